The molecule has 22 nitrogen and oxygen atoms in total. The molecule has 3 aromatic carbocycles. The van der Waals surface area contributed by atoms with Crippen LogP contribution in [0.5, 0.6) is 0 Å². The lowest BCUT2D eigenvalue weighted by molar-refractivity contribution is -0.153. The van der Waals surface area contributed by atoms with Crippen molar-refractivity contribution in [1.29, 1.82) is 0 Å². The molecule has 402 valence electrons. The van der Waals surface area contributed by atoms with Crippen LogP contribution < -0.4 is 37.2 Å². The Balaban J connectivity index is 1.06. The SMILES string of the molecule is COCCOCCOCCOCCC(=O)NCCCC[C@H](NC(=O)OCC1c2ccccc2-c2ccccc21)C(=O)NCC(=O)NCC(=O)N[C@@H](Cc1ccccc1)C(=O)NCC(=O)NCO[C@H](C(=O)O)C1CC1. The van der Waals surface area contributed by atoms with Crippen molar-refractivity contribution in [1.82, 2.24) is 37.2 Å². The summed E-state index contributed by atoms with van der Waals surface area (Å²) in [6, 6.07) is 22.2. The molecule has 22 heteroatoms. The van der Waals surface area contributed by atoms with Crippen molar-refractivity contribution < 1.29 is 71.9 Å². The Morgan fingerprint density at radius 2 is 1.16 bits per heavy atom. The van der Waals surface area contributed by atoms with Gasteiger partial charge in [0.05, 0.1) is 65.9 Å². The summed E-state index contributed by atoms with van der Waals surface area (Å²) in [6.45, 7) is 1.04. The van der Waals surface area contributed by atoms with E-state index in [1.54, 1.807) is 37.4 Å². The first-order valence-corrected chi connectivity index (χ1v) is 24.8. The van der Waals surface area contributed by atoms with Crippen LogP contribution in [-0.4, -0.2) is 164 Å². The van der Waals surface area contributed by atoms with Crippen molar-refractivity contribution >= 4 is 47.5 Å². The van der Waals surface area contributed by atoms with E-state index >= 15 is 0 Å². The molecule has 0 spiro atoms. The highest BCUT2D eigenvalue weighted by Gasteiger charge is 2.37. The first kappa shape index (κ1) is 57.9. The molecule has 0 aliphatic heterocycles. The topological polar surface area (TPSA) is 296 Å². The molecule has 0 unspecified atom stereocenters. The number of rotatable bonds is 36. The monoisotopic (exact) mass is 1030 g/mol. The highest BCUT2D eigenvalue weighted by atomic mass is 16.6. The van der Waals surface area contributed by atoms with E-state index in [-0.39, 0.29) is 57.0 Å². The second-order valence-corrected chi connectivity index (χ2v) is 17.5. The normalized spacial score (nSPS) is 13.7. The lowest BCUT2D eigenvalue weighted by Gasteiger charge is -2.20. The number of hydrogen-bond donors (Lipinski definition) is 8. The maximum Gasteiger partial charge on any atom is 0.407 e. The van der Waals surface area contributed by atoms with Crippen LogP contribution in [0.3, 0.4) is 0 Å². The maximum absolute atomic E-state index is 13.6. The zero-order chi connectivity index (χ0) is 52.9. The van der Waals surface area contributed by atoms with Crippen molar-refractivity contribution in [3.63, 3.8) is 0 Å². The van der Waals surface area contributed by atoms with Crippen LogP contribution in [0, 0.1) is 5.92 Å². The molecular formula is C52H69N7O15. The highest BCUT2D eigenvalue weighted by molar-refractivity contribution is 5.93. The number of fused-ring (bicyclic) bond motifs is 3. The van der Waals surface area contributed by atoms with Gasteiger partial charge in [0.25, 0.3) is 0 Å². The van der Waals surface area contributed by atoms with Gasteiger partial charge in [-0.25, -0.2) is 9.59 Å². The summed E-state index contributed by atoms with van der Waals surface area (Å²) in [5.74, 6) is -5.21. The molecule has 1 fully saturated rings. The largest absolute Gasteiger partial charge is 0.479 e. The third-order valence-corrected chi connectivity index (χ3v) is 11.9. The van der Waals surface area contributed by atoms with Crippen LogP contribution >= 0.6 is 0 Å². The average molecular weight is 1030 g/mol. The van der Waals surface area contributed by atoms with E-state index in [2.05, 4.69) is 37.2 Å². The fraction of sp³-hybridized carbons (Fsp3) is 0.500. The Kier molecular flexibility index (Phi) is 25.2. The van der Waals surface area contributed by atoms with Crippen molar-refractivity contribution in [3.05, 3.63) is 95.6 Å². The van der Waals surface area contributed by atoms with Crippen molar-refractivity contribution in [3.8, 4) is 11.1 Å². The fourth-order valence-corrected chi connectivity index (χ4v) is 7.90. The van der Waals surface area contributed by atoms with Gasteiger partial charge in [-0.05, 0) is 65.8 Å². The van der Waals surface area contributed by atoms with E-state index in [4.69, 9.17) is 28.4 Å². The first-order chi connectivity index (χ1) is 35.9. The van der Waals surface area contributed by atoms with E-state index in [9.17, 15) is 43.5 Å². The lowest BCUT2D eigenvalue weighted by Crippen LogP contribution is -2.53. The number of carboxylic acid groups (broad SMARTS) is 1. The summed E-state index contributed by atoms with van der Waals surface area (Å²) >= 11 is 0. The molecule has 8 N–H and O–H groups in total. The second kappa shape index (κ2) is 32.3. The van der Waals surface area contributed by atoms with Gasteiger partial charge in [-0.15, -0.1) is 0 Å². The number of amides is 7. The zero-order valence-corrected chi connectivity index (χ0v) is 41.7. The second-order valence-electron chi connectivity index (χ2n) is 17.5. The third-order valence-electron chi connectivity index (χ3n) is 11.9. The summed E-state index contributed by atoms with van der Waals surface area (Å²) in [5, 5.41) is 27.1. The van der Waals surface area contributed by atoms with Gasteiger partial charge in [0.1, 0.15) is 25.4 Å². The maximum atomic E-state index is 13.6. The zero-order valence-electron chi connectivity index (χ0n) is 41.7. The number of unbranched alkanes of at least 4 members (excludes halogenated alkanes) is 1. The molecular weight excluding hydrogens is 963 g/mol. The van der Waals surface area contributed by atoms with Gasteiger partial charge in [0.15, 0.2) is 6.10 Å². The van der Waals surface area contributed by atoms with Crippen LogP contribution in [0.25, 0.3) is 11.1 Å². The molecule has 2 aliphatic rings. The Labute approximate surface area is 430 Å². The summed E-state index contributed by atoms with van der Waals surface area (Å²) in [6.07, 6.45) is 0.714. The Morgan fingerprint density at radius 1 is 0.595 bits per heavy atom. The minimum atomic E-state index is -1.16. The van der Waals surface area contributed by atoms with Gasteiger partial charge < -0.3 is 70.7 Å². The van der Waals surface area contributed by atoms with Crippen molar-refractivity contribution in [2.24, 2.45) is 5.92 Å². The van der Waals surface area contributed by atoms with Crippen molar-refractivity contribution in [2.75, 3.05) is 92.9 Å². The van der Waals surface area contributed by atoms with Gasteiger partial charge in [0, 0.05) is 32.4 Å². The lowest BCUT2D eigenvalue weighted by atomic mass is 9.98. The van der Waals surface area contributed by atoms with E-state index in [0.29, 0.717) is 64.6 Å². The number of benzene rings is 3. The predicted octanol–water partition coefficient (Wildman–Crippen LogP) is 1.30. The number of carbonyl (C=O) groups excluding carboxylic acids is 7. The standard InChI is InChI=1S/C52H69N7O15/c1-69-23-24-71-27-28-72-26-25-70-22-20-44(60)53-21-10-9-17-42(59-52(68)73-33-41-39-15-7-5-13-37(39)38-14-6-8-16-40(38)41)49(64)55-30-45(61)54-32-47(63)58-43(29-35-11-3-2-4-12-35)50(65)56-31-46(62)57-34-74-48(51(66)67)36-18-19-36/h2-8,11-16,36,41-43,48H,9-10,17-34H2,1H3,(H,53,60)(H,54,61)(H,55,64)(H,56,65)(H,57,62)(H,58,63)(H,59,68)(H,66,67)/t42-,43-,48-/m0/s1. The van der Waals surface area contributed by atoms with Crippen molar-refractivity contribution in [2.45, 2.75) is 69.1 Å². The molecule has 7 amide bonds. The van der Waals surface area contributed by atoms with Crippen LogP contribution in [-0.2, 0) is 68.4 Å². The van der Waals surface area contributed by atoms with E-state index in [0.717, 1.165) is 35.1 Å². The van der Waals surface area contributed by atoms with Crippen LogP contribution in [0.4, 0.5) is 4.79 Å². The summed E-state index contributed by atoms with van der Waals surface area (Å²) < 4.78 is 32.1. The van der Waals surface area contributed by atoms with E-state index in [1.165, 1.54) is 0 Å². The molecule has 5 rings (SSSR count). The minimum Gasteiger partial charge on any atom is -0.479 e. The fourth-order valence-electron chi connectivity index (χ4n) is 7.90. The number of methoxy groups -OCH3 is 1. The summed E-state index contributed by atoms with van der Waals surface area (Å²) in [5.41, 5.74) is 4.80. The number of carbonyl (C=O) groups is 8. The Morgan fingerprint density at radius 3 is 1.78 bits per heavy atom. The average Bonchev–Trinajstić information content (AvgIpc) is 4.19. The number of hydrogen-bond acceptors (Lipinski definition) is 14. The van der Waals surface area contributed by atoms with Crippen LogP contribution in [0.15, 0.2) is 78.9 Å². The molecule has 0 aromatic heterocycles. The van der Waals surface area contributed by atoms with Crippen LogP contribution in [0.1, 0.15) is 61.1 Å². The quantitative estimate of drug-likeness (QED) is 0.0301. The number of ether oxygens (including phenoxy) is 6. The van der Waals surface area contributed by atoms with Gasteiger partial charge in [-0.1, -0.05) is 78.9 Å². The first-order valence-electron chi connectivity index (χ1n) is 24.8. The number of carboxylic acids is 1. The molecule has 2 aliphatic carbocycles. The smallest absolute Gasteiger partial charge is 0.407 e. The Hall–Kier alpha value is -6.98. The molecule has 3 atom stereocenters. The molecule has 0 heterocycles. The molecule has 1 saturated carbocycles. The van der Waals surface area contributed by atoms with Crippen LogP contribution in [0.2, 0.25) is 0 Å². The van der Waals surface area contributed by atoms with E-state index < -0.39 is 79.4 Å². The molecule has 0 radical (unpaired) electrons. The summed E-state index contributed by atoms with van der Waals surface area (Å²) in [4.78, 5) is 102. The third kappa shape index (κ3) is 20.9. The number of aliphatic carboxylic acids is 1. The highest BCUT2D eigenvalue weighted by Crippen LogP contribution is 2.44. The van der Waals surface area contributed by atoms with Gasteiger partial charge in [-0.2, -0.15) is 0 Å². The Bertz CT molecular complexity index is 2250. The van der Waals surface area contributed by atoms with Gasteiger partial charge >= 0.3 is 12.1 Å². The van der Waals surface area contributed by atoms with E-state index in [1.807, 2.05) is 48.5 Å². The molecule has 3 aromatic rings. The molecule has 74 heavy (non-hydrogen) atoms. The van der Waals surface area contributed by atoms with Gasteiger partial charge in [-0.3, -0.25) is 28.8 Å². The number of nitrogens with one attached hydrogen (secondary N) is 7. The van der Waals surface area contributed by atoms with Gasteiger partial charge in [0.2, 0.25) is 35.4 Å². The molecule has 0 saturated heterocycles. The minimum absolute atomic E-state index is 0.00118. The molecule has 0 bridgehead atoms. The summed E-state index contributed by atoms with van der Waals surface area (Å²) in [7, 11) is 1.60. The predicted molar refractivity (Wildman–Crippen MR) is 267 cm³/mol. The number of alkyl carbamates (subject to hydrolysis) is 1.